The van der Waals surface area contributed by atoms with E-state index in [1.54, 1.807) is 0 Å². The Morgan fingerprint density at radius 2 is 1.12 bits per heavy atom. The van der Waals surface area contributed by atoms with E-state index < -0.39 is 155 Å². The second-order valence-electron chi connectivity index (χ2n) is 26.2. The average Bonchev–Trinajstić information content (AvgIpc) is 3.62. The van der Waals surface area contributed by atoms with Crippen molar-refractivity contribution >= 4 is 0 Å². The Kier molecular flexibility index (Phi) is 14.8. The fourth-order valence-corrected chi connectivity index (χ4v) is 17.4. The topological polar surface area (TPSA) is 326 Å². The van der Waals surface area contributed by atoms with Crippen molar-refractivity contribution in [1.82, 2.24) is 0 Å². The van der Waals surface area contributed by atoms with E-state index in [2.05, 4.69) is 48.5 Å². The number of fused-ring (bicyclic) bond motifs is 4. The van der Waals surface area contributed by atoms with Crippen LogP contribution in [0.25, 0.3) is 0 Å². The maximum atomic E-state index is 12.4. The summed E-state index contributed by atoms with van der Waals surface area (Å²) < 4.78 is 56.0. The van der Waals surface area contributed by atoms with Crippen LogP contribution in [0.5, 0.6) is 0 Å². The lowest BCUT2D eigenvalue weighted by atomic mass is 9.30. The van der Waals surface area contributed by atoms with Gasteiger partial charge >= 0.3 is 0 Å². The number of aliphatic hydroxyl groups excluding tert-OH is 12. The molecular weight excluding hydrogens is 961 g/mol. The second kappa shape index (κ2) is 19.5. The molecule has 21 nitrogen and oxygen atoms in total. The van der Waals surface area contributed by atoms with Crippen molar-refractivity contribution in [2.24, 2.45) is 50.2 Å². The monoisotopic (exact) mass is 1050 g/mol. The van der Waals surface area contributed by atoms with Gasteiger partial charge in [0.05, 0.1) is 50.8 Å². The molecule has 0 radical (unpaired) electrons. The van der Waals surface area contributed by atoms with Crippen LogP contribution in [0.4, 0.5) is 0 Å². The first-order valence-electron chi connectivity index (χ1n) is 27.1. The zero-order valence-corrected chi connectivity index (χ0v) is 43.4. The van der Waals surface area contributed by atoms with Gasteiger partial charge in [0.25, 0.3) is 0 Å². The first-order chi connectivity index (χ1) is 34.2. The van der Waals surface area contributed by atoms with Crippen LogP contribution in [0.1, 0.15) is 113 Å². The van der Waals surface area contributed by atoms with E-state index in [9.17, 15) is 61.3 Å². The molecule has 28 atom stereocenters. The Labute approximate surface area is 427 Å². The first kappa shape index (κ1) is 55.5. The van der Waals surface area contributed by atoms with Gasteiger partial charge < -0.3 is 104 Å². The highest BCUT2D eigenvalue weighted by Crippen LogP contribution is 2.80. The fraction of sp³-hybridized carbons (Fsp3) is 1.00. The number of hydrogen-bond acceptors (Lipinski definition) is 21. The van der Waals surface area contributed by atoms with Crippen molar-refractivity contribution in [3.8, 4) is 0 Å². The van der Waals surface area contributed by atoms with Crippen LogP contribution >= 0.6 is 0 Å². The molecule has 5 saturated carbocycles. The third kappa shape index (κ3) is 8.41. The van der Waals surface area contributed by atoms with Crippen LogP contribution in [0.3, 0.4) is 0 Å². The Bertz CT molecular complexity index is 1960. The largest absolute Gasteiger partial charge is 0.394 e. The average molecular weight is 1050 g/mol. The van der Waals surface area contributed by atoms with Crippen LogP contribution in [-0.4, -0.2) is 223 Å². The summed E-state index contributed by atoms with van der Waals surface area (Å²) in [6, 6.07) is 0. The third-order valence-corrected chi connectivity index (χ3v) is 21.9. The molecule has 2 bridgehead atoms. The molecule has 0 amide bonds. The number of rotatable bonds is 10. The zero-order valence-electron chi connectivity index (χ0n) is 43.4. The van der Waals surface area contributed by atoms with Gasteiger partial charge in [0.15, 0.2) is 25.2 Å². The maximum absolute atomic E-state index is 12.4. The van der Waals surface area contributed by atoms with E-state index in [-0.39, 0.29) is 38.6 Å². The van der Waals surface area contributed by atoms with E-state index in [1.165, 1.54) is 0 Å². The Morgan fingerprint density at radius 1 is 0.507 bits per heavy atom. The van der Waals surface area contributed by atoms with Crippen LogP contribution < -0.4 is 0 Å². The van der Waals surface area contributed by atoms with E-state index >= 15 is 0 Å². The number of aliphatic hydroxyl groups is 12. The minimum atomic E-state index is -1.87. The highest BCUT2D eigenvalue weighted by atomic mass is 16.8. The van der Waals surface area contributed by atoms with Crippen molar-refractivity contribution in [1.29, 1.82) is 0 Å². The Morgan fingerprint density at radius 3 is 1.82 bits per heavy atom. The molecule has 0 aromatic rings. The lowest BCUT2D eigenvalue weighted by molar-refractivity contribution is -0.392. The maximum Gasteiger partial charge on any atom is 0.187 e. The van der Waals surface area contributed by atoms with Gasteiger partial charge in [0, 0.05) is 10.8 Å². The van der Waals surface area contributed by atoms with Gasteiger partial charge in [-0.2, -0.15) is 0 Å². The van der Waals surface area contributed by atoms with Crippen molar-refractivity contribution in [2.75, 3.05) is 33.0 Å². The molecule has 73 heavy (non-hydrogen) atoms. The van der Waals surface area contributed by atoms with E-state index in [0.717, 1.165) is 57.8 Å². The predicted molar refractivity (Wildman–Crippen MR) is 250 cm³/mol. The van der Waals surface area contributed by atoms with Gasteiger partial charge in [0.1, 0.15) is 85.5 Å². The third-order valence-electron chi connectivity index (χ3n) is 21.9. The normalized spacial score (nSPS) is 57.5. The summed E-state index contributed by atoms with van der Waals surface area (Å²) in [5, 5.41) is 131. The molecule has 5 saturated heterocycles. The van der Waals surface area contributed by atoms with E-state index in [1.807, 2.05) is 0 Å². The molecule has 1 spiro atoms. The number of hydrogen-bond donors (Lipinski definition) is 12. The van der Waals surface area contributed by atoms with Gasteiger partial charge in [-0.15, -0.1) is 0 Å². The van der Waals surface area contributed by atoms with Gasteiger partial charge in [-0.05, 0) is 104 Å². The summed E-state index contributed by atoms with van der Waals surface area (Å²) in [4.78, 5) is 0. The predicted octanol–water partition coefficient (Wildman–Crippen LogP) is -1.07. The summed E-state index contributed by atoms with van der Waals surface area (Å²) in [7, 11) is 0. The smallest absolute Gasteiger partial charge is 0.187 e. The standard InChI is InChI=1S/C52H86O21/c1-46(2)14-15-51-22-67-52(29(51)16-46)13-9-28-48(5)11-10-31(47(3,4)27(48)8-12-49(28,6)50(52,7)17-30(51)56)71-44-40(73-43-39(64)36(61)33(58)24(18-53)68-43)35(60)26(21-66-44)70-45-41(37(62)34(59)25(19-54)69-45)72-42-38(63)32(57)23(55)20-65-42/h23-45,53-64H,8-22H2,1-7H3/t23-,24-,25-,26+,27?,28?,29-,30-,31+,32+,33-,34-,35+,36+,37+,38-,39-,40-,41-,42+,43+,44+,45+,48+,49-,50+,51-,52+/m1/s1. The quantitative estimate of drug-likeness (QED) is 0.116. The van der Waals surface area contributed by atoms with E-state index in [0.29, 0.717) is 24.9 Å². The van der Waals surface area contributed by atoms with Crippen molar-refractivity contribution in [2.45, 2.75) is 241 Å². The van der Waals surface area contributed by atoms with E-state index in [4.69, 9.17) is 42.6 Å². The van der Waals surface area contributed by atoms with Crippen LogP contribution in [-0.2, 0) is 42.6 Å². The Hall–Kier alpha value is -0.840. The molecule has 10 rings (SSSR count). The van der Waals surface area contributed by atoms with Crippen LogP contribution in [0.15, 0.2) is 0 Å². The summed E-state index contributed by atoms with van der Waals surface area (Å²) in [5.74, 6) is 0.799. The minimum Gasteiger partial charge on any atom is -0.394 e. The van der Waals surface area contributed by atoms with Gasteiger partial charge in [-0.3, -0.25) is 0 Å². The fourth-order valence-electron chi connectivity index (χ4n) is 17.4. The molecule has 10 fully saturated rings. The zero-order chi connectivity index (χ0) is 52.7. The Balaban J connectivity index is 0.900. The molecule has 420 valence electrons. The van der Waals surface area contributed by atoms with Gasteiger partial charge in [0.2, 0.25) is 0 Å². The highest BCUT2D eigenvalue weighted by molar-refractivity contribution is 5.28. The minimum absolute atomic E-state index is 0.122. The SMILES string of the molecule is CC1(C)CC[C@]23CO[C@@]4(CCC5[C@@]6(C)CC[C@H](O[C@@H]7OC[C@H](O[C@@H]8O[C@H](CO)[C@@H](O)[C@H](O)[C@H]8O[C@@H]8OC[C@@H](O)[C@H](O)[C@H]8O)[C@H](O)[C@H]7O[C@@H]7O[C@H](CO)[C@@H](O)[C@H](O)[C@H]7O)C(C)(C)C6CC[C@@]5(C)[C@]4(C)C[C@H]2O)[C@@H]3C1. The molecule has 0 aromatic carbocycles. The molecule has 21 heteroatoms. The summed E-state index contributed by atoms with van der Waals surface area (Å²) >= 11 is 0. The van der Waals surface area contributed by atoms with Crippen LogP contribution in [0, 0.1) is 50.2 Å². The molecule has 5 aliphatic heterocycles. The molecule has 0 aromatic heterocycles. The number of ether oxygens (including phenoxy) is 9. The van der Waals surface area contributed by atoms with Gasteiger partial charge in [-0.25, -0.2) is 0 Å². The van der Waals surface area contributed by atoms with Crippen molar-refractivity contribution in [3.05, 3.63) is 0 Å². The van der Waals surface area contributed by atoms with Gasteiger partial charge in [-0.1, -0.05) is 48.5 Å². The second-order valence-corrected chi connectivity index (χ2v) is 26.2. The van der Waals surface area contributed by atoms with Crippen molar-refractivity contribution in [3.63, 3.8) is 0 Å². The summed E-state index contributed by atoms with van der Waals surface area (Å²) in [6.45, 7) is 14.8. The lowest BCUT2D eigenvalue weighted by Crippen LogP contribution is -2.74. The molecule has 10 aliphatic rings. The first-order valence-corrected chi connectivity index (χ1v) is 27.1. The summed E-state index contributed by atoms with van der Waals surface area (Å²) in [6.07, 6.45) is -21.4. The summed E-state index contributed by atoms with van der Waals surface area (Å²) in [5.41, 5.74) is -1.30. The molecule has 2 unspecified atom stereocenters. The molecule has 12 N–H and O–H groups in total. The highest BCUT2D eigenvalue weighted by Gasteiger charge is 2.80. The lowest BCUT2D eigenvalue weighted by Gasteiger charge is -2.75. The molecular formula is C52H86O21. The van der Waals surface area contributed by atoms with Crippen molar-refractivity contribution < 1.29 is 104 Å². The van der Waals surface area contributed by atoms with Crippen LogP contribution in [0.2, 0.25) is 0 Å². The molecule has 5 heterocycles. The molecule has 5 aliphatic carbocycles.